The summed E-state index contributed by atoms with van der Waals surface area (Å²) in [6.45, 7) is 2.40. The molecule has 0 saturated carbocycles. The van der Waals surface area contributed by atoms with E-state index in [9.17, 15) is 0 Å². The third kappa shape index (κ3) is 2.02. The van der Waals surface area contributed by atoms with Crippen molar-refractivity contribution in [3.63, 3.8) is 0 Å². The Morgan fingerprint density at radius 3 is 3.00 bits per heavy atom. The monoisotopic (exact) mass is 152 g/mol. The van der Waals surface area contributed by atoms with Gasteiger partial charge in [-0.3, -0.25) is 0 Å². The second-order valence-corrected chi connectivity index (χ2v) is 2.97. The van der Waals surface area contributed by atoms with Gasteiger partial charge in [0.25, 0.3) is 0 Å². The Hall–Kier alpha value is -0.880. The molecule has 1 aliphatic heterocycles. The van der Waals surface area contributed by atoms with E-state index in [1.807, 2.05) is 0 Å². The van der Waals surface area contributed by atoms with E-state index in [4.69, 9.17) is 15.4 Å². The van der Waals surface area contributed by atoms with Gasteiger partial charge in [-0.1, -0.05) is 0 Å². The number of hydrogen-bond donors (Lipinski definition) is 1. The summed E-state index contributed by atoms with van der Waals surface area (Å²) in [6.07, 6.45) is 1.39. The Balaban J connectivity index is 2.36. The van der Waals surface area contributed by atoms with Crippen LogP contribution in [-0.2, 0) is 4.74 Å². The van der Waals surface area contributed by atoms with E-state index in [1.54, 1.807) is 6.92 Å². The highest BCUT2D eigenvalue weighted by Crippen LogP contribution is 2.22. The third-order valence-corrected chi connectivity index (χ3v) is 1.94. The minimum atomic E-state index is -0.0200. The molecule has 0 amide bonds. The summed E-state index contributed by atoms with van der Waals surface area (Å²) in [7, 11) is 0. The lowest BCUT2D eigenvalue weighted by Crippen LogP contribution is -2.14. The van der Waals surface area contributed by atoms with E-state index in [0.717, 1.165) is 6.42 Å². The number of nitriles is 1. The van der Waals surface area contributed by atoms with Crippen LogP contribution in [0.25, 0.3) is 0 Å². The fourth-order valence-electron chi connectivity index (χ4n) is 1.26. The van der Waals surface area contributed by atoms with Gasteiger partial charge in [-0.2, -0.15) is 5.26 Å². The van der Waals surface area contributed by atoms with E-state index in [2.05, 4.69) is 6.07 Å². The van der Waals surface area contributed by atoms with Crippen LogP contribution in [0.4, 0.5) is 0 Å². The molecule has 0 aromatic rings. The van der Waals surface area contributed by atoms with Crippen molar-refractivity contribution in [1.82, 2.24) is 0 Å². The largest absolute Gasteiger partial charge is 0.372 e. The zero-order valence-corrected chi connectivity index (χ0v) is 6.63. The molecule has 11 heavy (non-hydrogen) atoms. The van der Waals surface area contributed by atoms with Crippen LogP contribution in [0.15, 0.2) is 0 Å². The second kappa shape index (κ2) is 3.49. The van der Waals surface area contributed by atoms with Gasteiger partial charge in [0.05, 0.1) is 18.8 Å². The molecule has 3 nitrogen and oxygen atoms in total. The van der Waals surface area contributed by atoms with Crippen LogP contribution >= 0.6 is 0 Å². The molecule has 0 radical (unpaired) electrons. The van der Waals surface area contributed by atoms with Gasteiger partial charge in [0.15, 0.2) is 0 Å². The molecule has 0 aromatic heterocycles. The molecular weight excluding hydrogens is 140 g/mol. The molecule has 1 rings (SSSR count). The van der Waals surface area contributed by atoms with Crippen molar-refractivity contribution in [2.24, 2.45) is 5.92 Å². The molecule has 1 heterocycles. The SMILES string of the molecule is CC(=N)C1CC(CC#N)CO1. The topological polar surface area (TPSA) is 56.9 Å². The highest BCUT2D eigenvalue weighted by Gasteiger charge is 2.26. The van der Waals surface area contributed by atoms with Crippen molar-refractivity contribution in [1.29, 1.82) is 10.7 Å². The molecule has 1 N–H and O–H groups in total. The summed E-state index contributed by atoms with van der Waals surface area (Å²) in [4.78, 5) is 0. The van der Waals surface area contributed by atoms with Gasteiger partial charge in [-0.25, -0.2) is 0 Å². The predicted molar refractivity (Wildman–Crippen MR) is 41.5 cm³/mol. The molecule has 0 aliphatic carbocycles. The summed E-state index contributed by atoms with van der Waals surface area (Å²) >= 11 is 0. The molecule has 1 aliphatic rings. The van der Waals surface area contributed by atoms with Gasteiger partial charge in [0.2, 0.25) is 0 Å². The molecule has 2 atom stereocenters. The van der Waals surface area contributed by atoms with Gasteiger partial charge >= 0.3 is 0 Å². The van der Waals surface area contributed by atoms with Crippen molar-refractivity contribution in [2.75, 3.05) is 6.61 Å². The molecule has 2 unspecified atom stereocenters. The second-order valence-electron chi connectivity index (χ2n) is 2.97. The Morgan fingerprint density at radius 1 is 1.82 bits per heavy atom. The maximum Gasteiger partial charge on any atom is 0.0949 e. The summed E-state index contributed by atoms with van der Waals surface area (Å²) < 4.78 is 5.30. The average Bonchev–Trinajstić information content (AvgIpc) is 2.37. The highest BCUT2D eigenvalue weighted by molar-refractivity contribution is 5.83. The molecule has 60 valence electrons. The summed E-state index contributed by atoms with van der Waals surface area (Å²) in [5, 5.41) is 15.7. The summed E-state index contributed by atoms with van der Waals surface area (Å²) in [5.41, 5.74) is 0.574. The zero-order valence-electron chi connectivity index (χ0n) is 6.63. The van der Waals surface area contributed by atoms with Gasteiger partial charge in [-0.05, 0) is 19.3 Å². The average molecular weight is 152 g/mol. The minimum Gasteiger partial charge on any atom is -0.372 e. The minimum absolute atomic E-state index is 0.0200. The maximum absolute atomic E-state index is 8.39. The first-order valence-corrected chi connectivity index (χ1v) is 3.77. The van der Waals surface area contributed by atoms with Gasteiger partial charge < -0.3 is 10.1 Å². The van der Waals surface area contributed by atoms with Gasteiger partial charge in [0, 0.05) is 12.1 Å². The molecule has 1 saturated heterocycles. The quantitative estimate of drug-likeness (QED) is 0.607. The Bertz CT molecular complexity index is 195. The van der Waals surface area contributed by atoms with Crippen molar-refractivity contribution >= 4 is 5.71 Å². The maximum atomic E-state index is 8.39. The van der Waals surface area contributed by atoms with Crippen LogP contribution in [0, 0.1) is 22.7 Å². The lowest BCUT2D eigenvalue weighted by molar-refractivity contribution is 0.150. The van der Waals surface area contributed by atoms with E-state index >= 15 is 0 Å². The van der Waals surface area contributed by atoms with E-state index in [0.29, 0.717) is 24.7 Å². The summed E-state index contributed by atoms with van der Waals surface area (Å²) in [5.74, 6) is 0.352. The number of nitrogens with one attached hydrogen (secondary N) is 1. The van der Waals surface area contributed by atoms with E-state index in [-0.39, 0.29) is 6.10 Å². The van der Waals surface area contributed by atoms with Crippen LogP contribution in [0.3, 0.4) is 0 Å². The first kappa shape index (κ1) is 8.22. The van der Waals surface area contributed by atoms with Crippen LogP contribution in [0.5, 0.6) is 0 Å². The van der Waals surface area contributed by atoms with Crippen molar-refractivity contribution < 1.29 is 4.74 Å². The Kier molecular flexibility index (Phi) is 2.61. The Labute approximate surface area is 66.5 Å². The number of rotatable bonds is 2. The lowest BCUT2D eigenvalue weighted by atomic mass is 10.0. The highest BCUT2D eigenvalue weighted by atomic mass is 16.5. The van der Waals surface area contributed by atoms with Crippen molar-refractivity contribution in [2.45, 2.75) is 25.9 Å². The van der Waals surface area contributed by atoms with E-state index < -0.39 is 0 Å². The summed E-state index contributed by atoms with van der Waals surface area (Å²) in [6, 6.07) is 2.12. The van der Waals surface area contributed by atoms with Crippen molar-refractivity contribution in [3.8, 4) is 6.07 Å². The standard InChI is InChI=1S/C8H12N2O/c1-6(10)8-4-7(2-3-9)5-11-8/h7-8,10H,2,4-5H2,1H3. The number of ether oxygens (including phenoxy) is 1. The van der Waals surface area contributed by atoms with Crippen molar-refractivity contribution in [3.05, 3.63) is 0 Å². The molecule has 1 fully saturated rings. The number of hydrogen-bond acceptors (Lipinski definition) is 3. The normalized spacial score (nSPS) is 29.8. The number of nitrogens with zero attached hydrogens (tertiary/aromatic N) is 1. The van der Waals surface area contributed by atoms with Gasteiger partial charge in [0.1, 0.15) is 0 Å². The lowest BCUT2D eigenvalue weighted by Gasteiger charge is -2.04. The zero-order chi connectivity index (χ0) is 8.27. The molecule has 0 bridgehead atoms. The first-order valence-electron chi connectivity index (χ1n) is 3.77. The molecule has 0 aromatic carbocycles. The third-order valence-electron chi connectivity index (χ3n) is 1.94. The smallest absolute Gasteiger partial charge is 0.0949 e. The van der Waals surface area contributed by atoms with E-state index in [1.165, 1.54) is 0 Å². The van der Waals surface area contributed by atoms with Crippen LogP contribution in [0.1, 0.15) is 19.8 Å². The van der Waals surface area contributed by atoms with Crippen LogP contribution in [-0.4, -0.2) is 18.4 Å². The predicted octanol–water partition coefficient (Wildman–Crippen LogP) is 1.34. The fourth-order valence-corrected chi connectivity index (χ4v) is 1.26. The fraction of sp³-hybridized carbons (Fsp3) is 0.750. The molecular formula is C8H12N2O. The van der Waals surface area contributed by atoms with Crippen LogP contribution in [0.2, 0.25) is 0 Å². The Morgan fingerprint density at radius 2 is 2.55 bits per heavy atom. The van der Waals surface area contributed by atoms with Crippen LogP contribution < -0.4 is 0 Å². The molecule has 0 spiro atoms. The van der Waals surface area contributed by atoms with Gasteiger partial charge in [-0.15, -0.1) is 0 Å². The first-order chi connectivity index (χ1) is 5.24. The molecule has 3 heteroatoms.